The van der Waals surface area contributed by atoms with Crippen LogP contribution in [0, 0.1) is 0 Å². The summed E-state index contributed by atoms with van der Waals surface area (Å²) in [5, 5.41) is 3.43. The SMILES string of the molecule is CNC1CC(c2cccc(C3CC3)c2)Oc2ccccc21. The molecule has 4 rings (SSSR count). The maximum absolute atomic E-state index is 6.27. The van der Waals surface area contributed by atoms with Crippen molar-refractivity contribution in [3.05, 3.63) is 65.2 Å². The Balaban J connectivity index is 1.66. The van der Waals surface area contributed by atoms with Gasteiger partial charge in [-0.2, -0.15) is 0 Å². The van der Waals surface area contributed by atoms with Gasteiger partial charge in [0.1, 0.15) is 11.9 Å². The first-order chi connectivity index (χ1) is 10.3. The summed E-state index contributed by atoms with van der Waals surface area (Å²) in [5.41, 5.74) is 4.07. The van der Waals surface area contributed by atoms with Crippen LogP contribution >= 0.6 is 0 Å². The molecule has 0 spiro atoms. The van der Waals surface area contributed by atoms with Gasteiger partial charge in [-0.15, -0.1) is 0 Å². The molecule has 2 atom stereocenters. The summed E-state index contributed by atoms with van der Waals surface area (Å²) >= 11 is 0. The second-order valence-electron chi connectivity index (χ2n) is 6.17. The molecule has 2 aromatic carbocycles. The van der Waals surface area contributed by atoms with E-state index in [0.29, 0.717) is 6.04 Å². The topological polar surface area (TPSA) is 21.3 Å². The number of rotatable bonds is 3. The van der Waals surface area contributed by atoms with Crippen molar-refractivity contribution >= 4 is 0 Å². The smallest absolute Gasteiger partial charge is 0.126 e. The molecule has 21 heavy (non-hydrogen) atoms. The van der Waals surface area contributed by atoms with Crippen LogP contribution in [0.25, 0.3) is 0 Å². The molecule has 2 aliphatic rings. The van der Waals surface area contributed by atoms with E-state index in [2.05, 4.69) is 53.8 Å². The molecule has 0 amide bonds. The predicted molar refractivity (Wildman–Crippen MR) is 84.6 cm³/mol. The van der Waals surface area contributed by atoms with E-state index in [-0.39, 0.29) is 6.10 Å². The van der Waals surface area contributed by atoms with Crippen molar-refractivity contribution < 1.29 is 4.74 Å². The van der Waals surface area contributed by atoms with Crippen LogP contribution in [0.5, 0.6) is 5.75 Å². The standard InChI is InChI=1S/C19H21NO/c1-20-17-12-19(21-18-8-3-2-7-16(17)18)15-6-4-5-14(11-15)13-9-10-13/h2-8,11,13,17,19-20H,9-10,12H2,1H3. The first-order valence-corrected chi connectivity index (χ1v) is 7.88. The summed E-state index contributed by atoms with van der Waals surface area (Å²) in [7, 11) is 2.03. The molecule has 1 N–H and O–H groups in total. The second-order valence-corrected chi connectivity index (χ2v) is 6.17. The first kappa shape index (κ1) is 12.9. The van der Waals surface area contributed by atoms with Gasteiger partial charge in [-0.05, 0) is 43.0 Å². The van der Waals surface area contributed by atoms with Crippen LogP contribution in [0.2, 0.25) is 0 Å². The summed E-state index contributed by atoms with van der Waals surface area (Å²) < 4.78 is 6.27. The maximum Gasteiger partial charge on any atom is 0.126 e. The zero-order valence-corrected chi connectivity index (χ0v) is 12.4. The molecule has 1 aliphatic heterocycles. The molecule has 1 heterocycles. The molecule has 108 valence electrons. The van der Waals surface area contributed by atoms with E-state index in [1.807, 2.05) is 7.05 Å². The van der Waals surface area contributed by atoms with E-state index in [4.69, 9.17) is 4.74 Å². The Labute approximate surface area is 126 Å². The number of ether oxygens (including phenoxy) is 1. The van der Waals surface area contributed by atoms with Gasteiger partial charge in [0.25, 0.3) is 0 Å². The average molecular weight is 279 g/mol. The Morgan fingerprint density at radius 1 is 1.00 bits per heavy atom. The number of fused-ring (bicyclic) bond motifs is 1. The largest absolute Gasteiger partial charge is 0.485 e. The van der Waals surface area contributed by atoms with Gasteiger partial charge in [0.15, 0.2) is 0 Å². The fraction of sp³-hybridized carbons (Fsp3) is 0.368. The minimum atomic E-state index is 0.149. The Morgan fingerprint density at radius 3 is 2.62 bits per heavy atom. The highest BCUT2D eigenvalue weighted by Crippen LogP contribution is 2.43. The van der Waals surface area contributed by atoms with E-state index >= 15 is 0 Å². The van der Waals surface area contributed by atoms with Crippen molar-refractivity contribution in [3.8, 4) is 5.75 Å². The third-order valence-electron chi connectivity index (χ3n) is 4.69. The number of benzene rings is 2. The number of hydrogen-bond donors (Lipinski definition) is 1. The Hall–Kier alpha value is -1.80. The predicted octanol–water partition coefficient (Wildman–Crippen LogP) is 4.35. The lowest BCUT2D eigenvalue weighted by atomic mass is 9.92. The Kier molecular flexibility index (Phi) is 3.19. The van der Waals surface area contributed by atoms with E-state index in [0.717, 1.165) is 18.1 Å². The van der Waals surface area contributed by atoms with Crippen LogP contribution < -0.4 is 10.1 Å². The van der Waals surface area contributed by atoms with Gasteiger partial charge >= 0.3 is 0 Å². The molecule has 1 saturated carbocycles. The minimum absolute atomic E-state index is 0.149. The fourth-order valence-electron chi connectivity index (χ4n) is 3.33. The third-order valence-corrected chi connectivity index (χ3v) is 4.69. The number of nitrogens with one attached hydrogen (secondary N) is 1. The van der Waals surface area contributed by atoms with Crippen LogP contribution in [0.3, 0.4) is 0 Å². The van der Waals surface area contributed by atoms with E-state index in [9.17, 15) is 0 Å². The van der Waals surface area contributed by atoms with Crippen LogP contribution in [0.1, 0.15) is 54.0 Å². The molecule has 2 aromatic rings. The summed E-state index contributed by atoms with van der Waals surface area (Å²) in [6, 6.07) is 17.7. The molecule has 1 fully saturated rings. The normalized spacial score (nSPS) is 24.2. The van der Waals surface area contributed by atoms with Crippen LogP contribution in [0.4, 0.5) is 0 Å². The van der Waals surface area contributed by atoms with Crippen LogP contribution in [0.15, 0.2) is 48.5 Å². The Bertz CT molecular complexity index is 648. The van der Waals surface area contributed by atoms with E-state index in [1.165, 1.54) is 29.5 Å². The van der Waals surface area contributed by atoms with E-state index < -0.39 is 0 Å². The Morgan fingerprint density at radius 2 is 1.81 bits per heavy atom. The first-order valence-electron chi connectivity index (χ1n) is 7.88. The molecular formula is C19H21NO. The molecule has 0 radical (unpaired) electrons. The number of hydrogen-bond acceptors (Lipinski definition) is 2. The van der Waals surface area contributed by atoms with Gasteiger partial charge < -0.3 is 10.1 Å². The molecule has 0 aromatic heterocycles. The van der Waals surface area contributed by atoms with Crippen molar-refractivity contribution in [1.82, 2.24) is 5.32 Å². The van der Waals surface area contributed by atoms with E-state index in [1.54, 1.807) is 0 Å². The van der Waals surface area contributed by atoms with Crippen molar-refractivity contribution in [1.29, 1.82) is 0 Å². The van der Waals surface area contributed by atoms with Gasteiger partial charge in [-0.1, -0.05) is 42.5 Å². The summed E-state index contributed by atoms with van der Waals surface area (Å²) in [4.78, 5) is 0. The summed E-state index contributed by atoms with van der Waals surface area (Å²) in [6.45, 7) is 0. The van der Waals surface area contributed by atoms with Crippen molar-refractivity contribution in [2.75, 3.05) is 7.05 Å². The molecule has 0 saturated heterocycles. The molecule has 2 unspecified atom stereocenters. The van der Waals surface area contributed by atoms with Gasteiger partial charge in [0, 0.05) is 18.0 Å². The monoisotopic (exact) mass is 279 g/mol. The fourth-order valence-corrected chi connectivity index (χ4v) is 3.33. The van der Waals surface area contributed by atoms with Crippen molar-refractivity contribution in [2.24, 2.45) is 0 Å². The zero-order valence-electron chi connectivity index (χ0n) is 12.4. The molecular weight excluding hydrogens is 258 g/mol. The van der Waals surface area contributed by atoms with Crippen LogP contribution in [-0.2, 0) is 0 Å². The molecule has 1 aliphatic carbocycles. The number of para-hydroxylation sites is 1. The maximum atomic E-state index is 6.27. The third kappa shape index (κ3) is 2.44. The van der Waals surface area contributed by atoms with Gasteiger partial charge in [0.2, 0.25) is 0 Å². The van der Waals surface area contributed by atoms with Crippen molar-refractivity contribution in [3.63, 3.8) is 0 Å². The molecule has 2 heteroatoms. The highest BCUT2D eigenvalue weighted by Gasteiger charge is 2.29. The molecule has 2 nitrogen and oxygen atoms in total. The zero-order chi connectivity index (χ0) is 14.2. The lowest BCUT2D eigenvalue weighted by Crippen LogP contribution is -2.26. The average Bonchev–Trinajstić information content (AvgIpc) is 3.39. The molecule has 0 bridgehead atoms. The van der Waals surface area contributed by atoms with Gasteiger partial charge in [0.05, 0.1) is 0 Å². The van der Waals surface area contributed by atoms with Crippen molar-refractivity contribution in [2.45, 2.75) is 37.3 Å². The highest BCUT2D eigenvalue weighted by molar-refractivity contribution is 5.40. The lowest BCUT2D eigenvalue weighted by molar-refractivity contribution is 0.154. The van der Waals surface area contributed by atoms with Crippen LogP contribution in [-0.4, -0.2) is 7.05 Å². The summed E-state index contributed by atoms with van der Waals surface area (Å²) in [6.07, 6.45) is 3.83. The lowest BCUT2D eigenvalue weighted by Gasteiger charge is -2.32. The second kappa shape index (κ2) is 5.19. The quantitative estimate of drug-likeness (QED) is 0.902. The summed E-state index contributed by atoms with van der Waals surface area (Å²) in [5.74, 6) is 1.81. The van der Waals surface area contributed by atoms with Gasteiger partial charge in [-0.3, -0.25) is 0 Å². The minimum Gasteiger partial charge on any atom is -0.485 e. The highest BCUT2D eigenvalue weighted by atomic mass is 16.5. The van der Waals surface area contributed by atoms with Gasteiger partial charge in [-0.25, -0.2) is 0 Å².